The second kappa shape index (κ2) is 5.85. The number of nitrogens with one attached hydrogen (secondary N) is 1. The van der Waals surface area contributed by atoms with Gasteiger partial charge in [-0.2, -0.15) is 0 Å². The van der Waals surface area contributed by atoms with Crippen molar-refractivity contribution in [2.24, 2.45) is 11.7 Å². The van der Waals surface area contributed by atoms with E-state index in [1.807, 2.05) is 66.7 Å². The van der Waals surface area contributed by atoms with Gasteiger partial charge in [-0.05, 0) is 16.7 Å². The van der Waals surface area contributed by atoms with Gasteiger partial charge in [0.1, 0.15) is 5.92 Å². The lowest BCUT2D eigenvalue weighted by Crippen LogP contribution is -2.44. The van der Waals surface area contributed by atoms with Crippen molar-refractivity contribution in [3.05, 3.63) is 77.9 Å². The number of hydrogen-bond acceptors (Lipinski definition) is 2. The highest BCUT2D eigenvalue weighted by atomic mass is 16.2. The van der Waals surface area contributed by atoms with Gasteiger partial charge in [0, 0.05) is 0 Å². The van der Waals surface area contributed by atoms with Crippen LogP contribution in [-0.4, -0.2) is 11.8 Å². The molecule has 0 unspecified atom stereocenters. The topological polar surface area (TPSA) is 72.2 Å². The summed E-state index contributed by atoms with van der Waals surface area (Å²) in [6, 6.07) is 18.8. The smallest absolute Gasteiger partial charge is 0.237 e. The molecule has 0 bridgehead atoms. The average molecular weight is 292 g/mol. The summed E-state index contributed by atoms with van der Waals surface area (Å²) >= 11 is 0. The van der Waals surface area contributed by atoms with E-state index >= 15 is 0 Å². The zero-order valence-electron chi connectivity index (χ0n) is 11.9. The summed E-state index contributed by atoms with van der Waals surface area (Å²) in [6.07, 6.45) is 1.90. The molecule has 1 aliphatic heterocycles. The van der Waals surface area contributed by atoms with Gasteiger partial charge in [-0.15, -0.1) is 0 Å². The number of carbonyl (C=O) groups excluding carboxylic acids is 2. The monoisotopic (exact) mass is 292 g/mol. The summed E-state index contributed by atoms with van der Waals surface area (Å²) in [5.74, 6) is -1.95. The first-order valence-corrected chi connectivity index (χ1v) is 7.08. The van der Waals surface area contributed by atoms with Gasteiger partial charge in [0.2, 0.25) is 11.8 Å². The Kier molecular flexibility index (Phi) is 3.74. The van der Waals surface area contributed by atoms with Crippen LogP contribution >= 0.6 is 0 Å². The molecule has 0 spiro atoms. The summed E-state index contributed by atoms with van der Waals surface area (Å²) in [7, 11) is 0. The maximum atomic E-state index is 12.4. The average Bonchev–Trinajstić information content (AvgIpc) is 2.55. The lowest BCUT2D eigenvalue weighted by atomic mass is 9.85. The van der Waals surface area contributed by atoms with Crippen molar-refractivity contribution < 1.29 is 9.59 Å². The van der Waals surface area contributed by atoms with E-state index in [2.05, 4.69) is 5.32 Å². The van der Waals surface area contributed by atoms with Crippen LogP contribution in [0.2, 0.25) is 0 Å². The number of amides is 2. The summed E-state index contributed by atoms with van der Waals surface area (Å²) < 4.78 is 0. The highest BCUT2D eigenvalue weighted by molar-refractivity contribution is 6.11. The summed E-state index contributed by atoms with van der Waals surface area (Å²) in [4.78, 5) is 24.1. The van der Waals surface area contributed by atoms with E-state index in [1.54, 1.807) is 0 Å². The first-order chi connectivity index (χ1) is 10.7. The maximum Gasteiger partial charge on any atom is 0.237 e. The van der Waals surface area contributed by atoms with E-state index in [1.165, 1.54) is 0 Å². The molecule has 0 aromatic heterocycles. The number of nitrogens with two attached hydrogens (primary N) is 1. The molecule has 4 nitrogen and oxygen atoms in total. The molecule has 0 saturated carbocycles. The molecule has 4 heteroatoms. The third-order valence-corrected chi connectivity index (χ3v) is 3.77. The minimum atomic E-state index is -0.956. The zero-order chi connectivity index (χ0) is 15.5. The van der Waals surface area contributed by atoms with Crippen molar-refractivity contribution in [2.45, 2.75) is 6.04 Å². The molecule has 2 amide bonds. The maximum absolute atomic E-state index is 12.4. The molecule has 110 valence electrons. The quantitative estimate of drug-likeness (QED) is 0.850. The fourth-order valence-electron chi connectivity index (χ4n) is 2.71. The fourth-order valence-corrected chi connectivity index (χ4v) is 2.71. The Labute approximate surface area is 128 Å². The Morgan fingerprint density at radius 3 is 2.14 bits per heavy atom. The Balaban J connectivity index is 2.08. The van der Waals surface area contributed by atoms with Crippen LogP contribution in [0.25, 0.3) is 5.57 Å². The molecular weight excluding hydrogens is 276 g/mol. The summed E-state index contributed by atoms with van der Waals surface area (Å²) in [5.41, 5.74) is 7.89. The number of hydrogen-bond donors (Lipinski definition) is 2. The third kappa shape index (κ3) is 2.63. The molecular formula is C18H16N2O2. The van der Waals surface area contributed by atoms with Gasteiger partial charge in [-0.25, -0.2) is 0 Å². The highest BCUT2D eigenvalue weighted by Crippen LogP contribution is 2.32. The molecule has 0 radical (unpaired) electrons. The standard InChI is InChI=1S/C18H16N2O2/c19-17(21)16-14(12-7-3-1-4-8-12)11-15(20-18(16)22)13-9-5-2-6-10-13/h1-11,15-16H,(H2,19,21)(H,20,22)/t15-,16+/m1/s1. The molecule has 0 fully saturated rings. The van der Waals surface area contributed by atoms with Crippen LogP contribution in [0.1, 0.15) is 17.2 Å². The second-order valence-electron chi connectivity index (χ2n) is 5.22. The molecule has 22 heavy (non-hydrogen) atoms. The molecule has 2 aromatic carbocycles. The highest BCUT2D eigenvalue weighted by Gasteiger charge is 2.35. The summed E-state index contributed by atoms with van der Waals surface area (Å²) in [5, 5.41) is 2.85. The van der Waals surface area contributed by atoms with Crippen LogP contribution in [0, 0.1) is 5.92 Å². The van der Waals surface area contributed by atoms with Crippen LogP contribution in [0.15, 0.2) is 66.7 Å². The number of rotatable bonds is 3. The van der Waals surface area contributed by atoms with Crippen molar-refractivity contribution in [1.82, 2.24) is 5.32 Å². The molecule has 2 atom stereocenters. The van der Waals surface area contributed by atoms with Crippen molar-refractivity contribution in [1.29, 1.82) is 0 Å². The van der Waals surface area contributed by atoms with Crippen molar-refractivity contribution in [3.8, 4) is 0 Å². The van der Waals surface area contributed by atoms with E-state index in [0.29, 0.717) is 5.57 Å². The van der Waals surface area contributed by atoms with Gasteiger partial charge in [0.05, 0.1) is 6.04 Å². The van der Waals surface area contributed by atoms with Crippen molar-refractivity contribution in [3.63, 3.8) is 0 Å². The lowest BCUT2D eigenvalue weighted by molar-refractivity contribution is -0.131. The zero-order valence-corrected chi connectivity index (χ0v) is 11.9. The van der Waals surface area contributed by atoms with Crippen LogP contribution in [0.3, 0.4) is 0 Å². The fraction of sp³-hybridized carbons (Fsp3) is 0.111. The van der Waals surface area contributed by atoms with Crippen LogP contribution in [0.5, 0.6) is 0 Å². The van der Waals surface area contributed by atoms with Crippen molar-refractivity contribution >= 4 is 17.4 Å². The van der Waals surface area contributed by atoms with E-state index < -0.39 is 11.8 Å². The molecule has 0 aliphatic carbocycles. The van der Waals surface area contributed by atoms with Gasteiger partial charge in [0.15, 0.2) is 0 Å². The van der Waals surface area contributed by atoms with Gasteiger partial charge in [-0.3, -0.25) is 9.59 Å². The molecule has 3 N–H and O–H groups in total. The first kappa shape index (κ1) is 14.1. The van der Waals surface area contributed by atoms with Gasteiger partial charge in [0.25, 0.3) is 0 Å². The van der Waals surface area contributed by atoms with E-state index in [-0.39, 0.29) is 11.9 Å². The van der Waals surface area contributed by atoms with E-state index in [0.717, 1.165) is 11.1 Å². The van der Waals surface area contributed by atoms with E-state index in [9.17, 15) is 9.59 Å². The number of primary amides is 1. The Bertz CT molecular complexity index is 723. The second-order valence-corrected chi connectivity index (χ2v) is 5.22. The normalized spacial score (nSPS) is 20.9. The Hall–Kier alpha value is -2.88. The van der Waals surface area contributed by atoms with Crippen molar-refractivity contribution in [2.75, 3.05) is 0 Å². The Morgan fingerprint density at radius 2 is 1.55 bits per heavy atom. The van der Waals surface area contributed by atoms with Crippen LogP contribution < -0.4 is 11.1 Å². The Morgan fingerprint density at radius 1 is 0.955 bits per heavy atom. The van der Waals surface area contributed by atoms with Gasteiger partial charge < -0.3 is 11.1 Å². The lowest BCUT2D eigenvalue weighted by Gasteiger charge is -2.28. The molecule has 2 aromatic rings. The number of benzene rings is 2. The molecule has 1 heterocycles. The van der Waals surface area contributed by atoms with Crippen LogP contribution in [-0.2, 0) is 9.59 Å². The van der Waals surface area contributed by atoms with Gasteiger partial charge in [-0.1, -0.05) is 66.7 Å². The third-order valence-electron chi connectivity index (χ3n) is 3.77. The largest absolute Gasteiger partial charge is 0.369 e. The molecule has 3 rings (SSSR count). The SMILES string of the molecule is NC(=O)[C@H]1C(=O)N[C@@H](c2ccccc2)C=C1c1ccccc1. The van der Waals surface area contributed by atoms with Gasteiger partial charge >= 0.3 is 0 Å². The molecule has 1 aliphatic rings. The number of carbonyl (C=O) groups is 2. The first-order valence-electron chi connectivity index (χ1n) is 7.08. The predicted octanol–water partition coefficient (Wildman–Crippen LogP) is 2.04. The predicted molar refractivity (Wildman–Crippen MR) is 84.4 cm³/mol. The van der Waals surface area contributed by atoms with Crippen LogP contribution in [0.4, 0.5) is 0 Å². The molecule has 0 saturated heterocycles. The minimum absolute atomic E-state index is 0.264. The summed E-state index contributed by atoms with van der Waals surface area (Å²) in [6.45, 7) is 0. The minimum Gasteiger partial charge on any atom is -0.369 e. The van der Waals surface area contributed by atoms with E-state index in [4.69, 9.17) is 5.73 Å².